The molecular formula is C20H29GeIOSi. The van der Waals surface area contributed by atoms with Crippen molar-refractivity contribution in [3.05, 3.63) is 60.7 Å². The van der Waals surface area contributed by atoms with Gasteiger partial charge in [0.15, 0.2) is 0 Å². The molecule has 0 spiro atoms. The van der Waals surface area contributed by atoms with Crippen LogP contribution in [0.1, 0.15) is 20.3 Å². The van der Waals surface area contributed by atoms with Crippen LogP contribution in [-0.4, -0.2) is 33.4 Å². The molecule has 2 rings (SSSR count). The molecule has 130 valence electrons. The predicted octanol–water partition coefficient (Wildman–Crippen LogP) is 4.78. The van der Waals surface area contributed by atoms with Crippen LogP contribution in [0.25, 0.3) is 0 Å². The van der Waals surface area contributed by atoms with Crippen molar-refractivity contribution in [2.45, 2.75) is 47.6 Å². The number of rotatable bonds is 6. The maximum atomic E-state index is 6.43. The number of hydrogen-bond donors (Lipinski definition) is 0. The third-order valence-corrected chi connectivity index (χ3v) is 5.91. The molecule has 4 heteroatoms. The molecule has 0 N–H and O–H groups in total. The molecule has 1 nitrogen and oxygen atoms in total. The molecule has 0 bridgehead atoms. The van der Waals surface area contributed by atoms with E-state index in [1.807, 2.05) is 0 Å². The van der Waals surface area contributed by atoms with Crippen molar-refractivity contribution in [2.75, 3.05) is 0 Å². The standard InChI is InChI=1S/C17H20IOSi.C3H9Ge/c1-14(18)13-15(2)19-20(16-9-5-3-6-10-16)17-11-7-4-8-12-17;1-4(2)3/h3-12,14-15H,13H2,1-2H3;1-3H3/t14?,15-;/m1./s1. The second kappa shape index (κ2) is 12.3. The third kappa shape index (κ3) is 9.39. The number of benzene rings is 2. The Morgan fingerprint density at radius 1 is 0.875 bits per heavy atom. The van der Waals surface area contributed by atoms with Gasteiger partial charge in [-0.25, -0.2) is 0 Å². The Morgan fingerprint density at radius 2 is 1.25 bits per heavy atom. The normalized spacial score (nSPS) is 13.3. The summed E-state index contributed by atoms with van der Waals surface area (Å²) in [7, 11) is -1.15. The zero-order valence-electron chi connectivity index (χ0n) is 15.4. The molecule has 0 aliphatic rings. The summed E-state index contributed by atoms with van der Waals surface area (Å²) in [6, 6.07) is 21.2. The van der Waals surface area contributed by atoms with Crippen LogP contribution in [0.2, 0.25) is 17.3 Å². The SMILES string of the molecule is CC(I)C[C@@H](C)O[Si](c1ccccc1)c1ccccc1.[CH3][Ge]([CH3])[CH3]. The number of hydrogen-bond acceptors (Lipinski definition) is 1. The Labute approximate surface area is 168 Å². The van der Waals surface area contributed by atoms with Crippen LogP contribution in [-0.2, 0) is 4.43 Å². The molecule has 2 aromatic rings. The first-order valence-electron chi connectivity index (χ1n) is 8.45. The van der Waals surface area contributed by atoms with Crippen LogP contribution < -0.4 is 10.4 Å². The summed E-state index contributed by atoms with van der Waals surface area (Å²) in [6.45, 7) is 4.42. The van der Waals surface area contributed by atoms with Crippen molar-refractivity contribution in [1.82, 2.24) is 0 Å². The van der Waals surface area contributed by atoms with Crippen molar-refractivity contribution in [2.24, 2.45) is 0 Å². The summed E-state index contributed by atoms with van der Waals surface area (Å²) in [6.07, 6.45) is 1.38. The summed E-state index contributed by atoms with van der Waals surface area (Å²) < 4.78 is 7.07. The van der Waals surface area contributed by atoms with E-state index < -0.39 is 9.04 Å². The molecule has 0 fully saturated rings. The van der Waals surface area contributed by atoms with E-state index in [1.54, 1.807) is 0 Å². The van der Waals surface area contributed by atoms with Crippen molar-refractivity contribution in [3.63, 3.8) is 0 Å². The zero-order valence-corrected chi connectivity index (χ0v) is 20.7. The fourth-order valence-corrected chi connectivity index (χ4v) is 5.00. The van der Waals surface area contributed by atoms with Gasteiger partial charge in [0.1, 0.15) is 0 Å². The van der Waals surface area contributed by atoms with Crippen LogP contribution in [0.4, 0.5) is 0 Å². The second-order valence-electron chi connectivity index (χ2n) is 6.51. The van der Waals surface area contributed by atoms with Gasteiger partial charge in [-0.15, -0.1) is 0 Å². The molecule has 0 aliphatic carbocycles. The molecule has 2 radical (unpaired) electrons. The van der Waals surface area contributed by atoms with Crippen molar-refractivity contribution >= 4 is 56.4 Å². The molecule has 0 amide bonds. The van der Waals surface area contributed by atoms with E-state index in [-0.39, 0.29) is 20.5 Å². The zero-order chi connectivity index (χ0) is 17.9. The summed E-state index contributed by atoms with van der Waals surface area (Å²) >= 11 is 2.13. The second-order valence-corrected chi connectivity index (χ2v) is 17.0. The Balaban J connectivity index is 0.000000648. The first-order valence-corrected chi connectivity index (χ1v) is 17.4. The fourth-order valence-electron chi connectivity index (χ4n) is 2.19. The Hall–Kier alpha value is -0.110. The van der Waals surface area contributed by atoms with Gasteiger partial charge >= 0.3 is 31.6 Å². The molecule has 2 aromatic carbocycles. The van der Waals surface area contributed by atoms with Gasteiger partial charge in [-0.2, -0.15) is 0 Å². The first kappa shape index (κ1) is 21.9. The Bertz CT molecular complexity index is 506. The molecule has 0 heterocycles. The number of halogens is 1. The van der Waals surface area contributed by atoms with Gasteiger partial charge < -0.3 is 4.43 Å². The molecule has 24 heavy (non-hydrogen) atoms. The third-order valence-electron chi connectivity index (χ3n) is 3.05. The average molecular weight is 513 g/mol. The van der Waals surface area contributed by atoms with E-state index in [0.29, 0.717) is 3.92 Å². The molecule has 1 unspecified atom stereocenters. The van der Waals surface area contributed by atoms with Crippen LogP contribution in [0.3, 0.4) is 0 Å². The monoisotopic (exact) mass is 514 g/mol. The summed E-state index contributed by atoms with van der Waals surface area (Å²) in [5.74, 6) is 7.00. The molecule has 0 saturated carbocycles. The quantitative estimate of drug-likeness (QED) is 0.307. The maximum absolute atomic E-state index is 6.43. The van der Waals surface area contributed by atoms with Crippen molar-refractivity contribution in [3.8, 4) is 0 Å². The van der Waals surface area contributed by atoms with E-state index in [9.17, 15) is 0 Å². The summed E-state index contributed by atoms with van der Waals surface area (Å²) in [4.78, 5) is 0. The van der Waals surface area contributed by atoms with E-state index in [0.717, 1.165) is 6.42 Å². The van der Waals surface area contributed by atoms with Crippen molar-refractivity contribution < 1.29 is 4.43 Å². The Morgan fingerprint density at radius 3 is 1.58 bits per heavy atom. The number of alkyl halides is 1. The van der Waals surface area contributed by atoms with Gasteiger partial charge in [-0.1, -0.05) is 90.2 Å². The minimum atomic E-state index is -1.15. The van der Waals surface area contributed by atoms with Crippen LogP contribution in [0, 0.1) is 0 Å². The molecule has 0 aliphatic heterocycles. The first-order chi connectivity index (χ1) is 11.4. The van der Waals surface area contributed by atoms with E-state index in [1.165, 1.54) is 10.4 Å². The minimum absolute atomic E-state index is 0.288. The Kier molecular flexibility index (Phi) is 11.2. The van der Waals surface area contributed by atoms with E-state index in [2.05, 4.69) is 114 Å². The molecular weight excluding hydrogens is 484 g/mol. The topological polar surface area (TPSA) is 9.23 Å². The van der Waals surface area contributed by atoms with E-state index >= 15 is 0 Å². The van der Waals surface area contributed by atoms with Crippen LogP contribution in [0.5, 0.6) is 0 Å². The van der Waals surface area contributed by atoms with Gasteiger partial charge in [0.25, 0.3) is 9.04 Å². The van der Waals surface area contributed by atoms with Gasteiger partial charge in [-0.05, 0) is 23.7 Å². The van der Waals surface area contributed by atoms with Gasteiger partial charge in [-0.3, -0.25) is 0 Å². The van der Waals surface area contributed by atoms with Crippen molar-refractivity contribution in [1.29, 1.82) is 0 Å². The molecule has 0 aromatic heterocycles. The molecule has 0 saturated heterocycles. The van der Waals surface area contributed by atoms with E-state index in [4.69, 9.17) is 4.43 Å². The van der Waals surface area contributed by atoms with Crippen LogP contribution >= 0.6 is 22.6 Å². The molecule has 2 atom stereocenters. The van der Waals surface area contributed by atoms with Gasteiger partial charge in [0, 0.05) is 10.0 Å². The van der Waals surface area contributed by atoms with Gasteiger partial charge in [0.05, 0.1) is 0 Å². The van der Waals surface area contributed by atoms with Crippen LogP contribution in [0.15, 0.2) is 60.7 Å². The average Bonchev–Trinajstić information content (AvgIpc) is 2.53. The predicted molar refractivity (Wildman–Crippen MR) is 120 cm³/mol. The summed E-state index contributed by atoms with van der Waals surface area (Å²) in [5.41, 5.74) is 0. The van der Waals surface area contributed by atoms with Gasteiger partial charge in [0.2, 0.25) is 0 Å². The summed E-state index contributed by atoms with van der Waals surface area (Å²) in [5, 5.41) is 2.63. The fraction of sp³-hybridized carbons (Fsp3) is 0.400.